The van der Waals surface area contributed by atoms with E-state index in [-0.39, 0.29) is 17.7 Å². The van der Waals surface area contributed by atoms with Crippen LogP contribution in [0.2, 0.25) is 0 Å². The van der Waals surface area contributed by atoms with Crippen molar-refractivity contribution in [2.24, 2.45) is 0 Å². The fourth-order valence-corrected chi connectivity index (χ4v) is 3.90. The van der Waals surface area contributed by atoms with E-state index in [0.717, 1.165) is 11.6 Å². The van der Waals surface area contributed by atoms with Gasteiger partial charge < -0.3 is 15.4 Å². The van der Waals surface area contributed by atoms with Crippen LogP contribution in [0.5, 0.6) is 0 Å². The molecule has 0 saturated carbocycles. The third-order valence-corrected chi connectivity index (χ3v) is 5.94. The topological polar surface area (TPSA) is 96.5 Å². The highest BCUT2D eigenvalue weighted by Gasteiger charge is 2.34. The Morgan fingerprint density at radius 2 is 1.79 bits per heavy atom. The number of ether oxygens (including phenoxy) is 1. The number of nitrogens with zero attached hydrogens (tertiary/aromatic N) is 3. The summed E-state index contributed by atoms with van der Waals surface area (Å²) in [6.45, 7) is 3.93. The molecule has 2 heterocycles. The number of carbonyl (C=O) groups is 2. The standard InChI is InChI=1S/C27H26F3N5O3/c1-18-2-6-22(13-24(18)34-25(36)7-3-19-14-31-17-32-15-19)33-26(37)20-4-5-21(23(12-20)27(28,29)30)16-35-8-10-38-11-9-35/h2-7,12-15,17H,8-11,16H2,1H3,(H,33,37)(H,34,36)/b7-3+. The molecule has 0 aliphatic carbocycles. The van der Waals surface area contributed by atoms with Gasteiger partial charge in [0.05, 0.1) is 18.8 Å². The normalized spacial score (nSPS) is 14.4. The smallest absolute Gasteiger partial charge is 0.379 e. The molecule has 0 radical (unpaired) electrons. The van der Waals surface area contributed by atoms with Crippen molar-refractivity contribution in [1.82, 2.24) is 14.9 Å². The molecule has 1 aliphatic heterocycles. The average Bonchev–Trinajstić information content (AvgIpc) is 2.90. The maximum absolute atomic E-state index is 13.8. The lowest BCUT2D eigenvalue weighted by molar-refractivity contribution is -0.138. The van der Waals surface area contributed by atoms with E-state index in [2.05, 4.69) is 20.6 Å². The Labute approximate surface area is 217 Å². The van der Waals surface area contributed by atoms with Gasteiger partial charge in [-0.3, -0.25) is 14.5 Å². The Hall–Kier alpha value is -4.09. The van der Waals surface area contributed by atoms with Crippen molar-refractivity contribution in [1.29, 1.82) is 0 Å². The number of benzene rings is 2. The zero-order valence-electron chi connectivity index (χ0n) is 20.6. The van der Waals surface area contributed by atoms with E-state index < -0.39 is 23.6 Å². The molecule has 3 aromatic rings. The predicted octanol–water partition coefficient (Wildman–Crippen LogP) is 4.54. The summed E-state index contributed by atoms with van der Waals surface area (Å²) in [5.41, 5.74) is 1.29. The lowest BCUT2D eigenvalue weighted by Gasteiger charge is -2.27. The van der Waals surface area contributed by atoms with Gasteiger partial charge in [0.25, 0.3) is 5.91 Å². The SMILES string of the molecule is Cc1ccc(NC(=O)c2ccc(CN3CCOCC3)c(C(F)(F)F)c2)cc1NC(=O)/C=C/c1cncnc1. The maximum Gasteiger partial charge on any atom is 0.416 e. The third-order valence-electron chi connectivity index (χ3n) is 5.94. The van der Waals surface area contributed by atoms with Crippen LogP contribution in [0.3, 0.4) is 0 Å². The van der Waals surface area contributed by atoms with Gasteiger partial charge in [-0.25, -0.2) is 9.97 Å². The molecule has 1 aliphatic rings. The highest BCUT2D eigenvalue weighted by molar-refractivity contribution is 6.06. The number of aryl methyl sites for hydroxylation is 1. The van der Waals surface area contributed by atoms with Crippen molar-refractivity contribution in [3.05, 3.63) is 89.0 Å². The van der Waals surface area contributed by atoms with Gasteiger partial charge in [0.1, 0.15) is 6.33 Å². The van der Waals surface area contributed by atoms with E-state index in [1.807, 2.05) is 4.90 Å². The highest BCUT2D eigenvalue weighted by Crippen LogP contribution is 2.34. The fraction of sp³-hybridized carbons (Fsp3) is 0.259. The minimum atomic E-state index is -4.61. The van der Waals surface area contributed by atoms with Crippen molar-refractivity contribution >= 4 is 29.3 Å². The van der Waals surface area contributed by atoms with Crippen LogP contribution in [-0.4, -0.2) is 53.0 Å². The molecule has 4 rings (SSSR count). The molecule has 0 spiro atoms. The second kappa shape index (κ2) is 12.0. The highest BCUT2D eigenvalue weighted by atomic mass is 19.4. The number of anilines is 2. The minimum Gasteiger partial charge on any atom is -0.379 e. The number of morpholine rings is 1. The van der Waals surface area contributed by atoms with E-state index >= 15 is 0 Å². The monoisotopic (exact) mass is 525 g/mol. The first-order chi connectivity index (χ1) is 18.2. The second-order valence-corrected chi connectivity index (χ2v) is 8.74. The van der Waals surface area contributed by atoms with E-state index in [4.69, 9.17) is 4.74 Å². The van der Waals surface area contributed by atoms with E-state index in [1.165, 1.54) is 24.5 Å². The fourth-order valence-electron chi connectivity index (χ4n) is 3.90. The number of nitrogens with one attached hydrogen (secondary N) is 2. The van der Waals surface area contributed by atoms with Crippen molar-refractivity contribution in [2.75, 3.05) is 36.9 Å². The molecule has 38 heavy (non-hydrogen) atoms. The Kier molecular flexibility index (Phi) is 8.49. The van der Waals surface area contributed by atoms with Crippen molar-refractivity contribution in [3.63, 3.8) is 0 Å². The van der Waals surface area contributed by atoms with Crippen LogP contribution in [0.1, 0.15) is 32.6 Å². The molecule has 2 amide bonds. The first-order valence-corrected chi connectivity index (χ1v) is 11.9. The Bertz CT molecular complexity index is 1320. The molecule has 1 fully saturated rings. The van der Waals surface area contributed by atoms with Gasteiger partial charge in [0.15, 0.2) is 0 Å². The van der Waals surface area contributed by atoms with Crippen LogP contribution in [0.25, 0.3) is 6.08 Å². The number of aromatic nitrogens is 2. The number of alkyl halides is 3. The molecule has 8 nitrogen and oxygen atoms in total. The number of hydrogen-bond acceptors (Lipinski definition) is 6. The third kappa shape index (κ3) is 7.24. The van der Waals surface area contributed by atoms with Crippen LogP contribution >= 0.6 is 0 Å². The summed E-state index contributed by atoms with van der Waals surface area (Å²) in [7, 11) is 0. The minimum absolute atomic E-state index is 0.103. The molecule has 2 N–H and O–H groups in total. The molecule has 2 aromatic carbocycles. The summed E-state index contributed by atoms with van der Waals surface area (Å²) in [6.07, 6.45) is 2.75. The predicted molar refractivity (Wildman–Crippen MR) is 136 cm³/mol. The second-order valence-electron chi connectivity index (χ2n) is 8.74. The van der Waals surface area contributed by atoms with Gasteiger partial charge in [-0.1, -0.05) is 12.1 Å². The van der Waals surface area contributed by atoms with Crippen molar-refractivity contribution in [3.8, 4) is 0 Å². The van der Waals surface area contributed by atoms with Gasteiger partial charge in [-0.15, -0.1) is 0 Å². The zero-order valence-corrected chi connectivity index (χ0v) is 20.6. The van der Waals surface area contributed by atoms with Gasteiger partial charge in [-0.2, -0.15) is 13.2 Å². The Balaban J connectivity index is 1.47. The number of carbonyl (C=O) groups excluding carboxylic acids is 2. The van der Waals surface area contributed by atoms with Crippen molar-refractivity contribution < 1.29 is 27.5 Å². The molecule has 1 saturated heterocycles. The van der Waals surface area contributed by atoms with E-state index in [9.17, 15) is 22.8 Å². The van der Waals surface area contributed by atoms with Crippen molar-refractivity contribution in [2.45, 2.75) is 19.6 Å². The maximum atomic E-state index is 13.8. The molecule has 11 heteroatoms. The summed E-state index contributed by atoms with van der Waals surface area (Å²) in [5.74, 6) is -1.11. The van der Waals surface area contributed by atoms with Gasteiger partial charge in [0.2, 0.25) is 5.91 Å². The number of amides is 2. The molecule has 0 unspecified atom stereocenters. The van der Waals surface area contributed by atoms with Crippen LogP contribution in [0.4, 0.5) is 24.5 Å². The van der Waals surface area contributed by atoms with Gasteiger partial charge >= 0.3 is 6.18 Å². The first-order valence-electron chi connectivity index (χ1n) is 11.9. The first kappa shape index (κ1) is 27.0. The van der Waals surface area contributed by atoms with Gasteiger partial charge in [0, 0.05) is 60.6 Å². The lowest BCUT2D eigenvalue weighted by Crippen LogP contribution is -2.36. The summed E-state index contributed by atoms with van der Waals surface area (Å²) < 4.78 is 46.8. The molecular weight excluding hydrogens is 499 g/mol. The summed E-state index contributed by atoms with van der Waals surface area (Å²) in [5, 5.41) is 5.35. The molecule has 1 aromatic heterocycles. The number of halogens is 3. The average molecular weight is 526 g/mol. The van der Waals surface area contributed by atoms with Gasteiger partial charge in [-0.05, 0) is 48.4 Å². The summed E-state index contributed by atoms with van der Waals surface area (Å²) in [4.78, 5) is 34.8. The van der Waals surface area contributed by atoms with E-state index in [1.54, 1.807) is 43.6 Å². The quantitative estimate of drug-likeness (QED) is 0.440. The molecule has 198 valence electrons. The lowest BCUT2D eigenvalue weighted by atomic mass is 10.0. The molecule has 0 atom stereocenters. The number of hydrogen-bond donors (Lipinski definition) is 2. The molecular formula is C27H26F3N5O3. The summed E-state index contributed by atoms with van der Waals surface area (Å²) in [6, 6.07) is 8.44. The van der Waals surface area contributed by atoms with Crippen LogP contribution < -0.4 is 10.6 Å². The van der Waals surface area contributed by atoms with E-state index in [0.29, 0.717) is 43.2 Å². The zero-order chi connectivity index (χ0) is 27.1. The Morgan fingerprint density at radius 3 is 2.50 bits per heavy atom. The summed E-state index contributed by atoms with van der Waals surface area (Å²) >= 11 is 0. The van der Waals surface area contributed by atoms with Crippen LogP contribution in [-0.2, 0) is 22.3 Å². The largest absolute Gasteiger partial charge is 0.416 e. The number of rotatable bonds is 7. The molecule has 0 bridgehead atoms. The Morgan fingerprint density at radius 1 is 1.05 bits per heavy atom. The van der Waals surface area contributed by atoms with Crippen LogP contribution in [0.15, 0.2) is 61.2 Å². The van der Waals surface area contributed by atoms with Crippen LogP contribution in [0, 0.1) is 6.92 Å².